The van der Waals surface area contributed by atoms with Gasteiger partial charge in [-0.05, 0) is 31.4 Å². The molecule has 1 aliphatic heterocycles. The van der Waals surface area contributed by atoms with E-state index in [0.717, 1.165) is 54.7 Å². The van der Waals surface area contributed by atoms with Crippen molar-refractivity contribution in [2.75, 3.05) is 36.4 Å². The van der Waals surface area contributed by atoms with Crippen LogP contribution < -0.4 is 10.2 Å². The fraction of sp³-hybridized carbons (Fsp3) is 0.476. The molecule has 6 nitrogen and oxygen atoms in total. The molecule has 0 spiro atoms. The Bertz CT molecular complexity index is 908. The van der Waals surface area contributed by atoms with Crippen LogP contribution in [-0.4, -0.2) is 47.9 Å². The quantitative estimate of drug-likeness (QED) is 0.832. The Balaban J connectivity index is 1.38. The minimum atomic E-state index is -0.418. The van der Waals surface area contributed by atoms with Crippen molar-refractivity contribution < 1.29 is 14.0 Å². The first-order valence-electron chi connectivity index (χ1n) is 10.1. The van der Waals surface area contributed by atoms with E-state index in [4.69, 9.17) is 4.98 Å². The highest BCUT2D eigenvalue weighted by molar-refractivity contribution is 7.15. The van der Waals surface area contributed by atoms with Crippen LogP contribution in [-0.2, 0) is 22.4 Å². The van der Waals surface area contributed by atoms with Crippen LogP contribution in [0.3, 0.4) is 0 Å². The number of thiazole rings is 1. The lowest BCUT2D eigenvalue weighted by molar-refractivity contribution is -0.131. The van der Waals surface area contributed by atoms with Crippen LogP contribution in [0, 0.1) is 11.7 Å². The van der Waals surface area contributed by atoms with E-state index in [1.165, 1.54) is 6.07 Å². The van der Waals surface area contributed by atoms with Crippen molar-refractivity contribution in [3.8, 4) is 0 Å². The largest absolute Gasteiger partial charge is 0.345 e. The predicted octanol–water partition coefficient (Wildman–Crippen LogP) is 3.08. The van der Waals surface area contributed by atoms with Gasteiger partial charge in [0.1, 0.15) is 5.82 Å². The van der Waals surface area contributed by atoms with Crippen LogP contribution in [0.1, 0.15) is 30.3 Å². The molecule has 1 aromatic carbocycles. The van der Waals surface area contributed by atoms with Gasteiger partial charge in [0.05, 0.1) is 11.4 Å². The Labute approximate surface area is 173 Å². The maximum Gasteiger partial charge on any atom is 0.227 e. The Morgan fingerprint density at radius 2 is 2.00 bits per heavy atom. The van der Waals surface area contributed by atoms with Crippen molar-refractivity contribution in [2.24, 2.45) is 5.92 Å². The summed E-state index contributed by atoms with van der Waals surface area (Å²) in [5.74, 6) is -0.526. The topological polar surface area (TPSA) is 65.5 Å². The van der Waals surface area contributed by atoms with Gasteiger partial charge in [0, 0.05) is 43.4 Å². The van der Waals surface area contributed by atoms with Crippen LogP contribution in [0.5, 0.6) is 0 Å². The highest BCUT2D eigenvalue weighted by Gasteiger charge is 2.30. The molecule has 2 aromatic rings. The smallest absolute Gasteiger partial charge is 0.227 e. The molecule has 4 rings (SSSR count). The summed E-state index contributed by atoms with van der Waals surface area (Å²) in [5.41, 5.74) is 1.31. The number of nitrogens with zero attached hydrogens (tertiary/aromatic N) is 3. The SMILES string of the molecule is CCC(=O)N1CCN(c2nc3c(s2)C[C@@H](C(=O)Nc2ccccc2F)CC3)CC1. The van der Waals surface area contributed by atoms with Crippen molar-refractivity contribution in [2.45, 2.75) is 32.6 Å². The first-order chi connectivity index (χ1) is 14.0. The summed E-state index contributed by atoms with van der Waals surface area (Å²) in [6, 6.07) is 6.24. The number of halogens is 1. The second-order valence-corrected chi connectivity index (χ2v) is 8.56. The molecule has 1 atom stereocenters. The van der Waals surface area contributed by atoms with Crippen molar-refractivity contribution in [3.05, 3.63) is 40.7 Å². The number of aryl methyl sites for hydroxylation is 1. The molecule has 1 aliphatic carbocycles. The van der Waals surface area contributed by atoms with Gasteiger partial charge in [0.2, 0.25) is 11.8 Å². The van der Waals surface area contributed by atoms with Crippen LogP contribution in [0.15, 0.2) is 24.3 Å². The van der Waals surface area contributed by atoms with Crippen LogP contribution >= 0.6 is 11.3 Å². The van der Waals surface area contributed by atoms with E-state index >= 15 is 0 Å². The predicted molar refractivity (Wildman–Crippen MR) is 112 cm³/mol. The lowest BCUT2D eigenvalue weighted by Gasteiger charge is -2.34. The zero-order valence-corrected chi connectivity index (χ0v) is 17.3. The summed E-state index contributed by atoms with van der Waals surface area (Å²) in [6.45, 7) is 4.92. The minimum absolute atomic E-state index is 0.137. The van der Waals surface area contributed by atoms with E-state index in [9.17, 15) is 14.0 Å². The molecule has 8 heteroatoms. The van der Waals surface area contributed by atoms with Gasteiger partial charge in [-0.25, -0.2) is 9.37 Å². The molecular weight excluding hydrogens is 391 g/mol. The lowest BCUT2D eigenvalue weighted by Crippen LogP contribution is -2.48. The number of hydrogen-bond acceptors (Lipinski definition) is 5. The normalized spacial score (nSPS) is 19.0. The zero-order chi connectivity index (χ0) is 20.4. The monoisotopic (exact) mass is 416 g/mol. The molecule has 2 heterocycles. The third-order valence-corrected chi connectivity index (χ3v) is 6.82. The third kappa shape index (κ3) is 4.27. The van der Waals surface area contributed by atoms with Gasteiger partial charge in [0.15, 0.2) is 5.13 Å². The number of hydrogen-bond donors (Lipinski definition) is 1. The molecule has 1 aromatic heterocycles. The molecular formula is C21H25FN4O2S. The van der Waals surface area contributed by atoms with Crippen LogP contribution in [0.25, 0.3) is 0 Å². The van der Waals surface area contributed by atoms with Gasteiger partial charge in [-0.2, -0.15) is 0 Å². The summed E-state index contributed by atoms with van der Waals surface area (Å²) in [7, 11) is 0. The van der Waals surface area contributed by atoms with Gasteiger partial charge in [0.25, 0.3) is 0 Å². The first-order valence-corrected chi connectivity index (χ1v) is 10.9. The summed E-state index contributed by atoms with van der Waals surface area (Å²) < 4.78 is 13.8. The van der Waals surface area contributed by atoms with Gasteiger partial charge in [-0.3, -0.25) is 9.59 Å². The lowest BCUT2D eigenvalue weighted by atomic mass is 9.90. The summed E-state index contributed by atoms with van der Waals surface area (Å²) in [6.07, 6.45) is 2.66. The average Bonchev–Trinajstić information content (AvgIpc) is 3.18. The van der Waals surface area contributed by atoms with Gasteiger partial charge >= 0.3 is 0 Å². The number of benzene rings is 1. The molecule has 0 unspecified atom stereocenters. The summed E-state index contributed by atoms with van der Waals surface area (Å²) >= 11 is 1.65. The van der Waals surface area contributed by atoms with Gasteiger partial charge in [-0.1, -0.05) is 19.1 Å². The van der Waals surface area contributed by atoms with Crippen molar-refractivity contribution in [1.82, 2.24) is 9.88 Å². The number of aromatic nitrogens is 1. The molecule has 29 heavy (non-hydrogen) atoms. The number of fused-ring (bicyclic) bond motifs is 1. The standard InChI is InChI=1S/C21H25FN4O2S/c1-2-19(27)25-9-11-26(12-10-25)21-24-17-8-7-14(13-18(17)29-21)20(28)23-16-6-4-3-5-15(16)22/h3-6,14H,2,7-13H2,1H3,(H,23,28)/t14-/m0/s1. The third-order valence-electron chi connectivity index (χ3n) is 5.64. The van der Waals surface area contributed by atoms with E-state index in [1.807, 2.05) is 11.8 Å². The van der Waals surface area contributed by atoms with E-state index in [1.54, 1.807) is 29.5 Å². The fourth-order valence-electron chi connectivity index (χ4n) is 3.89. The fourth-order valence-corrected chi connectivity index (χ4v) is 5.13. The highest BCUT2D eigenvalue weighted by Crippen LogP contribution is 2.35. The summed E-state index contributed by atoms with van der Waals surface area (Å²) in [4.78, 5) is 34.6. The van der Waals surface area contributed by atoms with E-state index in [2.05, 4.69) is 10.2 Å². The molecule has 2 amide bonds. The molecule has 1 fully saturated rings. The Morgan fingerprint density at radius 3 is 2.72 bits per heavy atom. The number of rotatable bonds is 4. The van der Waals surface area contributed by atoms with Gasteiger partial charge < -0.3 is 15.1 Å². The first kappa shape index (κ1) is 19.8. The Morgan fingerprint density at radius 1 is 1.24 bits per heavy atom. The molecule has 1 N–H and O–H groups in total. The molecule has 2 aliphatic rings. The average molecular weight is 417 g/mol. The number of para-hydroxylation sites is 1. The van der Waals surface area contributed by atoms with Gasteiger partial charge in [-0.15, -0.1) is 11.3 Å². The molecule has 0 saturated carbocycles. The van der Waals surface area contributed by atoms with E-state index in [0.29, 0.717) is 12.8 Å². The van der Waals surface area contributed by atoms with Crippen molar-refractivity contribution >= 4 is 34.0 Å². The number of anilines is 2. The van der Waals surface area contributed by atoms with E-state index < -0.39 is 5.82 Å². The molecule has 154 valence electrons. The van der Waals surface area contributed by atoms with Crippen molar-refractivity contribution in [1.29, 1.82) is 0 Å². The molecule has 0 bridgehead atoms. The zero-order valence-electron chi connectivity index (χ0n) is 16.5. The maximum absolute atomic E-state index is 13.8. The molecule has 1 saturated heterocycles. The maximum atomic E-state index is 13.8. The second kappa shape index (κ2) is 8.49. The number of carbonyl (C=O) groups excluding carboxylic acids is 2. The van der Waals surface area contributed by atoms with E-state index in [-0.39, 0.29) is 23.4 Å². The summed E-state index contributed by atoms with van der Waals surface area (Å²) in [5, 5.41) is 3.70. The number of carbonyl (C=O) groups is 2. The number of amides is 2. The van der Waals surface area contributed by atoms with Crippen LogP contribution in [0.2, 0.25) is 0 Å². The second-order valence-electron chi connectivity index (χ2n) is 7.50. The Kier molecular flexibility index (Phi) is 5.80. The van der Waals surface area contributed by atoms with Crippen LogP contribution in [0.4, 0.5) is 15.2 Å². The number of piperazine rings is 1. The van der Waals surface area contributed by atoms with Crippen molar-refractivity contribution in [3.63, 3.8) is 0 Å². The highest BCUT2D eigenvalue weighted by atomic mass is 32.1. The number of nitrogens with one attached hydrogen (secondary N) is 1. The minimum Gasteiger partial charge on any atom is -0.345 e. The Hall–Kier alpha value is -2.48. The molecule has 0 radical (unpaired) electrons.